The first-order valence-electron chi connectivity index (χ1n) is 4.56. The van der Waals surface area contributed by atoms with Crippen molar-refractivity contribution in [3.63, 3.8) is 0 Å². The maximum absolute atomic E-state index is 11.4. The molecule has 0 aliphatic carbocycles. The Labute approximate surface area is 87.4 Å². The summed E-state index contributed by atoms with van der Waals surface area (Å²) in [6.45, 7) is 5.35. The number of carbonyl (C=O) groups is 2. The zero-order valence-electron chi connectivity index (χ0n) is 8.90. The molecule has 0 spiro atoms. The summed E-state index contributed by atoms with van der Waals surface area (Å²) in [4.78, 5) is 34.4. The van der Waals surface area contributed by atoms with Gasteiger partial charge in [0, 0.05) is 5.54 Å². The van der Waals surface area contributed by atoms with Crippen LogP contribution in [0, 0.1) is 0 Å². The Morgan fingerprint density at radius 3 is 2.40 bits per heavy atom. The van der Waals surface area contributed by atoms with Gasteiger partial charge in [-0.25, -0.2) is 4.79 Å². The summed E-state index contributed by atoms with van der Waals surface area (Å²) in [6, 6.07) is -1.16. The summed E-state index contributed by atoms with van der Waals surface area (Å²) < 4.78 is 0. The zero-order valence-corrected chi connectivity index (χ0v) is 8.90. The van der Waals surface area contributed by atoms with Crippen LogP contribution in [0.1, 0.15) is 20.8 Å². The lowest BCUT2D eigenvalue weighted by Crippen LogP contribution is -2.48. The Kier molecular flexibility index (Phi) is 2.79. The van der Waals surface area contributed by atoms with Crippen molar-refractivity contribution in [2.24, 2.45) is 0 Å². The van der Waals surface area contributed by atoms with E-state index in [9.17, 15) is 14.4 Å². The molecule has 1 aliphatic rings. The highest BCUT2D eigenvalue weighted by molar-refractivity contribution is 6.11. The molecule has 0 aromatic rings. The molecule has 1 rings (SSSR count). The van der Waals surface area contributed by atoms with Crippen LogP contribution in [0.2, 0.25) is 0 Å². The first-order valence-corrected chi connectivity index (χ1v) is 4.56. The highest BCUT2D eigenvalue weighted by Crippen LogP contribution is 2.27. The van der Waals surface area contributed by atoms with E-state index < -0.39 is 23.3 Å². The number of hydrogen-bond donors (Lipinski definition) is 1. The number of carboxylic acids is 1. The summed E-state index contributed by atoms with van der Waals surface area (Å²) in [5, 5.41) is 8.97. The SMILES string of the molecule is CC(C)(C)N1CC(=O)C(=C=O)[C@H]1C(=O)O. The summed E-state index contributed by atoms with van der Waals surface area (Å²) in [5.74, 6) is -0.196. The number of carboxylic acid groups (broad SMARTS) is 1. The molecule has 0 aromatic carbocycles. The van der Waals surface area contributed by atoms with Gasteiger partial charge in [-0.05, 0) is 20.8 Å². The Morgan fingerprint density at radius 1 is 1.53 bits per heavy atom. The number of carbonyl (C=O) groups excluding carboxylic acids is 2. The number of nitrogens with zero attached hydrogens (tertiary/aromatic N) is 1. The number of aliphatic carboxylic acids is 1. The van der Waals surface area contributed by atoms with E-state index in [1.165, 1.54) is 10.8 Å². The van der Waals surface area contributed by atoms with Crippen molar-refractivity contribution in [1.29, 1.82) is 0 Å². The van der Waals surface area contributed by atoms with E-state index in [0.29, 0.717) is 0 Å². The lowest BCUT2D eigenvalue weighted by Gasteiger charge is -2.33. The fourth-order valence-electron chi connectivity index (χ4n) is 1.63. The lowest BCUT2D eigenvalue weighted by molar-refractivity contribution is -0.142. The molecule has 0 saturated carbocycles. The van der Waals surface area contributed by atoms with Crippen molar-refractivity contribution in [3.8, 4) is 0 Å². The molecular weight excluding hydrogens is 198 g/mol. The summed E-state index contributed by atoms with van der Waals surface area (Å²) >= 11 is 0. The highest BCUT2D eigenvalue weighted by atomic mass is 16.4. The molecule has 0 radical (unpaired) electrons. The van der Waals surface area contributed by atoms with Crippen LogP contribution in [0.15, 0.2) is 5.57 Å². The van der Waals surface area contributed by atoms with E-state index in [1.54, 1.807) is 20.8 Å². The van der Waals surface area contributed by atoms with E-state index in [4.69, 9.17) is 5.11 Å². The van der Waals surface area contributed by atoms with Gasteiger partial charge >= 0.3 is 5.97 Å². The number of ketones is 1. The average molecular weight is 211 g/mol. The normalized spacial score (nSPS) is 23.0. The minimum atomic E-state index is -1.19. The van der Waals surface area contributed by atoms with Gasteiger partial charge in [-0.1, -0.05) is 0 Å². The topological polar surface area (TPSA) is 74.7 Å². The smallest absolute Gasteiger partial charge is 0.326 e. The van der Waals surface area contributed by atoms with Gasteiger partial charge in [-0.3, -0.25) is 14.5 Å². The molecule has 1 aliphatic heterocycles. The van der Waals surface area contributed by atoms with Crippen molar-refractivity contribution >= 4 is 17.7 Å². The van der Waals surface area contributed by atoms with E-state index in [2.05, 4.69) is 0 Å². The third kappa shape index (κ3) is 1.98. The minimum absolute atomic E-state index is 0.0367. The van der Waals surface area contributed by atoms with Crippen LogP contribution in [0.25, 0.3) is 0 Å². The second kappa shape index (κ2) is 3.61. The van der Waals surface area contributed by atoms with E-state index >= 15 is 0 Å². The van der Waals surface area contributed by atoms with Gasteiger partial charge in [0.1, 0.15) is 17.6 Å². The summed E-state index contributed by atoms with van der Waals surface area (Å²) in [7, 11) is 0. The second-order valence-electron chi connectivity index (χ2n) is 4.48. The Hall–Kier alpha value is -1.45. The van der Waals surface area contributed by atoms with Gasteiger partial charge in [0.25, 0.3) is 0 Å². The van der Waals surface area contributed by atoms with Crippen LogP contribution in [-0.4, -0.2) is 45.8 Å². The molecule has 82 valence electrons. The molecular formula is C10H13NO4. The molecule has 1 N–H and O–H groups in total. The third-order valence-corrected chi connectivity index (χ3v) is 2.40. The fraction of sp³-hybridized carbons (Fsp3) is 0.600. The molecule has 1 atom stereocenters. The molecule has 5 heteroatoms. The van der Waals surface area contributed by atoms with Gasteiger partial charge < -0.3 is 5.11 Å². The summed E-state index contributed by atoms with van der Waals surface area (Å²) in [6.07, 6.45) is 0. The van der Waals surface area contributed by atoms with Gasteiger partial charge in [0.2, 0.25) is 0 Å². The number of rotatable bonds is 1. The molecule has 0 unspecified atom stereocenters. The molecule has 5 nitrogen and oxygen atoms in total. The van der Waals surface area contributed by atoms with Crippen LogP contribution in [0.3, 0.4) is 0 Å². The van der Waals surface area contributed by atoms with Crippen molar-refractivity contribution in [3.05, 3.63) is 5.57 Å². The van der Waals surface area contributed by atoms with Crippen LogP contribution < -0.4 is 0 Å². The van der Waals surface area contributed by atoms with E-state index in [0.717, 1.165) is 0 Å². The molecule has 1 saturated heterocycles. The molecule has 0 aromatic heterocycles. The van der Waals surface area contributed by atoms with Gasteiger partial charge in [-0.2, -0.15) is 0 Å². The van der Waals surface area contributed by atoms with E-state index in [-0.39, 0.29) is 12.1 Å². The Morgan fingerprint density at radius 2 is 2.07 bits per heavy atom. The Balaban J connectivity index is 3.18. The average Bonchev–Trinajstić information content (AvgIpc) is 2.41. The lowest BCUT2D eigenvalue weighted by atomic mass is 10.0. The molecule has 1 heterocycles. The highest BCUT2D eigenvalue weighted by Gasteiger charge is 2.46. The molecule has 15 heavy (non-hydrogen) atoms. The standard InChI is InChI=1S/C10H13NO4/c1-10(2,3)11-4-7(13)6(5-12)8(11)9(14)15/h8H,4H2,1-3H3,(H,14,15)/t8-/m0/s1. The molecule has 0 bridgehead atoms. The number of hydrogen-bond acceptors (Lipinski definition) is 4. The van der Waals surface area contributed by atoms with Gasteiger partial charge in [-0.15, -0.1) is 0 Å². The Bertz CT molecular complexity index is 360. The first kappa shape index (κ1) is 11.6. The third-order valence-electron chi connectivity index (χ3n) is 2.40. The number of likely N-dealkylation sites (tertiary alicyclic amines) is 1. The van der Waals surface area contributed by atoms with Crippen molar-refractivity contribution < 1.29 is 19.5 Å². The van der Waals surface area contributed by atoms with Crippen molar-refractivity contribution in [2.75, 3.05) is 6.54 Å². The zero-order chi connectivity index (χ0) is 11.8. The van der Waals surface area contributed by atoms with Gasteiger partial charge in [0.15, 0.2) is 5.78 Å². The van der Waals surface area contributed by atoms with Crippen LogP contribution >= 0.6 is 0 Å². The van der Waals surface area contributed by atoms with E-state index in [1.807, 2.05) is 0 Å². The molecule has 1 fully saturated rings. The maximum Gasteiger partial charge on any atom is 0.326 e. The van der Waals surface area contributed by atoms with Crippen molar-refractivity contribution in [1.82, 2.24) is 4.90 Å². The van der Waals surface area contributed by atoms with Crippen LogP contribution in [-0.2, 0) is 14.4 Å². The van der Waals surface area contributed by atoms with Crippen LogP contribution in [0.5, 0.6) is 0 Å². The quantitative estimate of drug-likeness (QED) is 0.483. The first-order chi connectivity index (χ1) is 6.79. The predicted molar refractivity (Wildman–Crippen MR) is 52.1 cm³/mol. The fourth-order valence-corrected chi connectivity index (χ4v) is 1.63. The predicted octanol–water partition coefficient (Wildman–Crippen LogP) is -0.119. The van der Waals surface area contributed by atoms with Gasteiger partial charge in [0.05, 0.1) is 6.54 Å². The van der Waals surface area contributed by atoms with Crippen molar-refractivity contribution in [2.45, 2.75) is 32.4 Å². The minimum Gasteiger partial charge on any atom is -0.480 e. The largest absolute Gasteiger partial charge is 0.480 e. The second-order valence-corrected chi connectivity index (χ2v) is 4.48. The number of Topliss-reactive ketones (excluding diaryl/α,β-unsaturated/α-hetero) is 1. The maximum atomic E-state index is 11.4. The van der Waals surface area contributed by atoms with Crippen LogP contribution in [0.4, 0.5) is 0 Å². The monoisotopic (exact) mass is 211 g/mol. The molecule has 0 amide bonds. The summed E-state index contributed by atoms with van der Waals surface area (Å²) in [5.41, 5.74) is -0.755.